The molecule has 4 heterocycles. The summed E-state index contributed by atoms with van der Waals surface area (Å²) in [5.74, 6) is 0.650. The van der Waals surface area contributed by atoms with E-state index in [0.29, 0.717) is 60.0 Å². The van der Waals surface area contributed by atoms with E-state index in [1.807, 2.05) is 0 Å². The van der Waals surface area contributed by atoms with Crippen LogP contribution in [0.15, 0.2) is 22.6 Å². The SMILES string of the molecule is O=C1CO[C@H]2CCN(C(=O)N3CC(c4nnc(-c5ccc(Cl)cc5Cl)o4)C3)C[C@H]2N1. The van der Waals surface area contributed by atoms with Crippen molar-refractivity contribution in [3.8, 4) is 11.5 Å². The molecule has 5 rings (SSSR count). The fraction of sp³-hybridized carbons (Fsp3) is 0.474. The van der Waals surface area contributed by atoms with Crippen molar-refractivity contribution < 1.29 is 18.7 Å². The van der Waals surface area contributed by atoms with Gasteiger partial charge < -0.3 is 24.3 Å². The Morgan fingerprint density at radius 2 is 2.00 bits per heavy atom. The molecule has 0 aliphatic carbocycles. The molecular weight excluding hydrogens is 433 g/mol. The van der Waals surface area contributed by atoms with Crippen molar-refractivity contribution in [1.82, 2.24) is 25.3 Å². The Kier molecular flexibility index (Phi) is 5.04. The Balaban J connectivity index is 1.19. The monoisotopic (exact) mass is 451 g/mol. The third-order valence-electron chi connectivity index (χ3n) is 5.70. The predicted octanol–water partition coefficient (Wildman–Crippen LogP) is 2.15. The number of likely N-dealkylation sites (tertiary alicyclic amines) is 2. The molecule has 3 fully saturated rings. The van der Waals surface area contributed by atoms with Crippen LogP contribution in [0.1, 0.15) is 18.2 Å². The highest BCUT2D eigenvalue weighted by molar-refractivity contribution is 6.36. The van der Waals surface area contributed by atoms with Gasteiger partial charge in [0, 0.05) is 31.2 Å². The zero-order chi connectivity index (χ0) is 20.8. The Hall–Kier alpha value is -2.36. The van der Waals surface area contributed by atoms with E-state index in [1.165, 1.54) is 0 Å². The molecular formula is C19H19Cl2N5O4. The summed E-state index contributed by atoms with van der Waals surface area (Å²) in [6.07, 6.45) is 0.690. The number of rotatable bonds is 2. The number of halogens is 2. The van der Waals surface area contributed by atoms with Crippen LogP contribution in [0.5, 0.6) is 0 Å². The van der Waals surface area contributed by atoms with Gasteiger partial charge in [0.05, 0.1) is 28.6 Å². The van der Waals surface area contributed by atoms with Crippen LogP contribution in [0.3, 0.4) is 0 Å². The number of nitrogens with one attached hydrogen (secondary N) is 1. The molecule has 1 aromatic heterocycles. The molecule has 0 unspecified atom stereocenters. The second-order valence-electron chi connectivity index (χ2n) is 7.71. The standard InChI is InChI=1S/C19H19Cl2N5O4/c20-11-1-2-12(13(21)5-11)18-24-23-17(30-18)10-6-26(7-10)19(28)25-4-3-15-14(8-25)22-16(27)9-29-15/h1-2,5,10,14-15H,3-4,6-9H2,(H,22,27)/t14-,15+/m1/s1. The molecule has 30 heavy (non-hydrogen) atoms. The molecule has 1 N–H and O–H groups in total. The highest BCUT2D eigenvalue weighted by Crippen LogP contribution is 2.33. The lowest BCUT2D eigenvalue weighted by molar-refractivity contribution is -0.139. The minimum atomic E-state index is -0.149. The molecule has 2 atom stereocenters. The molecule has 3 aliphatic rings. The van der Waals surface area contributed by atoms with Crippen molar-refractivity contribution in [2.24, 2.45) is 0 Å². The van der Waals surface area contributed by atoms with Crippen LogP contribution in [-0.2, 0) is 9.53 Å². The number of hydrogen-bond acceptors (Lipinski definition) is 6. The van der Waals surface area contributed by atoms with Crippen molar-refractivity contribution in [3.63, 3.8) is 0 Å². The van der Waals surface area contributed by atoms with Gasteiger partial charge in [-0.2, -0.15) is 0 Å². The van der Waals surface area contributed by atoms with Crippen LogP contribution >= 0.6 is 23.2 Å². The van der Waals surface area contributed by atoms with Gasteiger partial charge >= 0.3 is 6.03 Å². The van der Waals surface area contributed by atoms with Crippen LogP contribution < -0.4 is 5.32 Å². The maximum absolute atomic E-state index is 12.8. The average molecular weight is 452 g/mol. The average Bonchev–Trinajstić information content (AvgIpc) is 3.15. The number of morpholine rings is 1. The van der Waals surface area contributed by atoms with Crippen molar-refractivity contribution in [2.75, 3.05) is 32.8 Å². The minimum Gasteiger partial charge on any atom is -0.420 e. The number of carbonyl (C=O) groups excluding carboxylic acids is 2. The van der Waals surface area contributed by atoms with E-state index in [-0.39, 0.29) is 36.6 Å². The Bertz CT molecular complexity index is 993. The van der Waals surface area contributed by atoms with E-state index in [2.05, 4.69) is 15.5 Å². The lowest BCUT2D eigenvalue weighted by Gasteiger charge is -2.45. The number of piperidine rings is 1. The first-order valence-corrected chi connectivity index (χ1v) is 10.5. The summed E-state index contributed by atoms with van der Waals surface area (Å²) >= 11 is 12.1. The zero-order valence-electron chi connectivity index (χ0n) is 15.9. The number of benzene rings is 1. The Morgan fingerprint density at radius 3 is 2.80 bits per heavy atom. The molecule has 3 amide bonds. The van der Waals surface area contributed by atoms with Crippen LogP contribution in [0.25, 0.3) is 11.5 Å². The smallest absolute Gasteiger partial charge is 0.320 e. The first-order valence-electron chi connectivity index (χ1n) is 9.71. The zero-order valence-corrected chi connectivity index (χ0v) is 17.4. The van der Waals surface area contributed by atoms with Gasteiger partial charge in [-0.15, -0.1) is 10.2 Å². The summed E-state index contributed by atoms with van der Waals surface area (Å²) in [6, 6.07) is 4.86. The van der Waals surface area contributed by atoms with Crippen molar-refractivity contribution in [2.45, 2.75) is 24.5 Å². The number of urea groups is 1. The number of amides is 3. The molecule has 1 aromatic carbocycles. The van der Waals surface area contributed by atoms with E-state index in [0.717, 1.165) is 0 Å². The van der Waals surface area contributed by atoms with E-state index >= 15 is 0 Å². The summed E-state index contributed by atoms with van der Waals surface area (Å²) in [4.78, 5) is 27.9. The lowest BCUT2D eigenvalue weighted by Crippen LogP contribution is -2.63. The molecule has 0 saturated carbocycles. The Morgan fingerprint density at radius 1 is 1.17 bits per heavy atom. The molecule has 0 radical (unpaired) electrons. The highest BCUT2D eigenvalue weighted by Gasteiger charge is 2.41. The first-order chi connectivity index (χ1) is 14.5. The summed E-state index contributed by atoms with van der Waals surface area (Å²) in [7, 11) is 0. The van der Waals surface area contributed by atoms with Crippen LogP contribution in [0, 0.1) is 0 Å². The van der Waals surface area contributed by atoms with Gasteiger partial charge in [0.15, 0.2) is 0 Å². The number of carbonyl (C=O) groups is 2. The van der Waals surface area contributed by atoms with Crippen molar-refractivity contribution in [3.05, 3.63) is 34.1 Å². The number of fused-ring (bicyclic) bond motifs is 1. The summed E-state index contributed by atoms with van der Waals surface area (Å²) in [5.41, 5.74) is 0.617. The van der Waals surface area contributed by atoms with Gasteiger partial charge in [0.1, 0.15) is 6.61 Å². The maximum atomic E-state index is 12.8. The second kappa shape index (κ2) is 7.72. The molecule has 3 saturated heterocycles. The molecule has 9 nitrogen and oxygen atoms in total. The van der Waals surface area contributed by atoms with Crippen LogP contribution in [0.4, 0.5) is 4.79 Å². The minimum absolute atomic E-state index is 0.0171. The number of aromatic nitrogens is 2. The third kappa shape index (κ3) is 3.61. The topological polar surface area (TPSA) is 101 Å². The quantitative estimate of drug-likeness (QED) is 0.750. The van der Waals surface area contributed by atoms with Gasteiger partial charge in [-0.05, 0) is 24.6 Å². The largest absolute Gasteiger partial charge is 0.420 e. The predicted molar refractivity (Wildman–Crippen MR) is 107 cm³/mol. The number of hydrogen-bond donors (Lipinski definition) is 1. The molecule has 2 aromatic rings. The number of ether oxygens (including phenoxy) is 1. The van der Waals surface area contributed by atoms with E-state index in [9.17, 15) is 9.59 Å². The summed E-state index contributed by atoms with van der Waals surface area (Å²) < 4.78 is 11.3. The summed E-state index contributed by atoms with van der Waals surface area (Å²) in [5, 5.41) is 12.1. The fourth-order valence-corrected chi connectivity index (χ4v) is 4.53. The van der Waals surface area contributed by atoms with Crippen LogP contribution in [0.2, 0.25) is 10.0 Å². The van der Waals surface area contributed by atoms with E-state index in [4.69, 9.17) is 32.4 Å². The van der Waals surface area contributed by atoms with Gasteiger partial charge in [-0.1, -0.05) is 23.2 Å². The lowest BCUT2D eigenvalue weighted by atomic mass is 9.99. The highest BCUT2D eigenvalue weighted by atomic mass is 35.5. The van der Waals surface area contributed by atoms with Gasteiger partial charge in [0.2, 0.25) is 17.7 Å². The van der Waals surface area contributed by atoms with E-state index < -0.39 is 0 Å². The summed E-state index contributed by atoms with van der Waals surface area (Å²) in [6.45, 7) is 2.16. The second-order valence-corrected chi connectivity index (χ2v) is 8.56. The molecule has 11 heteroatoms. The maximum Gasteiger partial charge on any atom is 0.320 e. The van der Waals surface area contributed by atoms with Crippen molar-refractivity contribution in [1.29, 1.82) is 0 Å². The van der Waals surface area contributed by atoms with Crippen LogP contribution in [-0.4, -0.2) is 76.9 Å². The van der Waals surface area contributed by atoms with Gasteiger partial charge in [0.25, 0.3) is 0 Å². The molecule has 0 spiro atoms. The molecule has 158 valence electrons. The van der Waals surface area contributed by atoms with Gasteiger partial charge in [-0.25, -0.2) is 4.79 Å². The van der Waals surface area contributed by atoms with Gasteiger partial charge in [-0.3, -0.25) is 4.79 Å². The third-order valence-corrected chi connectivity index (χ3v) is 6.25. The van der Waals surface area contributed by atoms with E-state index in [1.54, 1.807) is 28.0 Å². The normalized spacial score (nSPS) is 24.3. The number of nitrogens with zero attached hydrogens (tertiary/aromatic N) is 4. The molecule has 3 aliphatic heterocycles. The molecule has 0 bridgehead atoms. The first kappa shape index (κ1) is 19.6. The fourth-order valence-electron chi connectivity index (χ4n) is 4.04. The van der Waals surface area contributed by atoms with Crippen molar-refractivity contribution >= 4 is 35.1 Å². The Labute approximate surface area is 182 Å².